The van der Waals surface area contributed by atoms with Crippen LogP contribution in [0.1, 0.15) is 25.3 Å². The Labute approximate surface area is 158 Å². The minimum Gasteiger partial charge on any atom is -0.399 e. The zero-order chi connectivity index (χ0) is 20.0. The molecule has 1 aromatic rings. The van der Waals surface area contributed by atoms with Gasteiger partial charge in [0.05, 0.1) is 23.4 Å². The fraction of sp³-hybridized carbons (Fsp3) is 0.381. The highest BCUT2D eigenvalue weighted by atomic mass is 19.1. The lowest BCUT2D eigenvalue weighted by Crippen LogP contribution is -2.54. The topological polar surface area (TPSA) is 101 Å². The molecule has 2 N–H and O–H groups in total. The fourth-order valence-corrected chi connectivity index (χ4v) is 4.57. The average Bonchev–Trinajstić information content (AvgIpc) is 2.65. The van der Waals surface area contributed by atoms with Crippen molar-refractivity contribution < 1.29 is 4.39 Å². The smallest absolute Gasteiger partial charge is 0.191 e. The number of allylic oxidation sites excluding steroid dienone is 2. The summed E-state index contributed by atoms with van der Waals surface area (Å²) in [4.78, 5) is 2.11. The molecular weight excluding hydrogens is 341 g/mol. The van der Waals surface area contributed by atoms with Crippen molar-refractivity contribution in [3.8, 4) is 18.2 Å². The van der Waals surface area contributed by atoms with Crippen molar-refractivity contribution in [3.63, 3.8) is 0 Å². The van der Waals surface area contributed by atoms with E-state index in [1.54, 1.807) is 12.1 Å². The molecular formula is C21H20FN5. The van der Waals surface area contributed by atoms with Crippen LogP contribution in [0.25, 0.3) is 0 Å². The van der Waals surface area contributed by atoms with Gasteiger partial charge in [-0.3, -0.25) is 4.90 Å². The van der Waals surface area contributed by atoms with E-state index in [-0.39, 0.29) is 17.3 Å². The summed E-state index contributed by atoms with van der Waals surface area (Å²) in [6.45, 7) is 4.50. The Bertz CT molecular complexity index is 956. The van der Waals surface area contributed by atoms with Gasteiger partial charge in [-0.25, -0.2) is 4.39 Å². The molecule has 0 spiro atoms. The number of likely N-dealkylation sites (N-methyl/N-ethyl adjacent to an activating group) is 1. The Hall–Kier alpha value is -3.14. The molecule has 0 saturated carbocycles. The summed E-state index contributed by atoms with van der Waals surface area (Å²) in [6, 6.07) is 12.2. The van der Waals surface area contributed by atoms with E-state index in [1.165, 1.54) is 12.1 Å². The Morgan fingerprint density at radius 2 is 1.78 bits per heavy atom. The van der Waals surface area contributed by atoms with Gasteiger partial charge in [-0.2, -0.15) is 15.8 Å². The molecule has 0 unspecified atom stereocenters. The maximum Gasteiger partial charge on any atom is 0.191 e. The van der Waals surface area contributed by atoms with Gasteiger partial charge in [0.1, 0.15) is 11.9 Å². The molecule has 0 aromatic heterocycles. The van der Waals surface area contributed by atoms with Crippen molar-refractivity contribution >= 4 is 0 Å². The van der Waals surface area contributed by atoms with Gasteiger partial charge in [0.25, 0.3) is 0 Å². The van der Waals surface area contributed by atoms with Crippen molar-refractivity contribution in [1.82, 2.24) is 4.90 Å². The zero-order valence-electron chi connectivity index (χ0n) is 15.5. The van der Waals surface area contributed by atoms with Gasteiger partial charge in [-0.1, -0.05) is 25.1 Å². The second-order valence-electron chi connectivity index (χ2n) is 7.57. The third kappa shape index (κ3) is 2.44. The first-order valence-corrected chi connectivity index (χ1v) is 8.66. The summed E-state index contributed by atoms with van der Waals surface area (Å²) in [5.74, 6) is -1.04. The van der Waals surface area contributed by atoms with E-state index in [2.05, 4.69) is 23.1 Å². The molecule has 5 nitrogen and oxygen atoms in total. The Morgan fingerprint density at radius 3 is 2.30 bits per heavy atom. The van der Waals surface area contributed by atoms with Crippen LogP contribution in [0.2, 0.25) is 0 Å². The molecule has 1 aliphatic heterocycles. The minimum absolute atomic E-state index is 0.0233. The van der Waals surface area contributed by atoms with Gasteiger partial charge in [0.15, 0.2) is 5.41 Å². The molecule has 0 amide bonds. The van der Waals surface area contributed by atoms with Crippen molar-refractivity contribution in [2.75, 3.05) is 13.6 Å². The van der Waals surface area contributed by atoms with Crippen LogP contribution in [-0.4, -0.2) is 24.5 Å². The number of halogens is 1. The van der Waals surface area contributed by atoms with E-state index < -0.39 is 22.6 Å². The molecule has 6 heteroatoms. The van der Waals surface area contributed by atoms with E-state index in [4.69, 9.17) is 5.73 Å². The van der Waals surface area contributed by atoms with Crippen molar-refractivity contribution in [2.45, 2.75) is 25.8 Å². The van der Waals surface area contributed by atoms with Gasteiger partial charge < -0.3 is 5.73 Å². The Morgan fingerprint density at radius 1 is 1.19 bits per heavy atom. The standard InChI is InChI=1S/C21H20FN5/c1-13-8-17-16(9-23)19(26)21(10-24,11-25)18(20(17,2)12-27(13)3)14-4-6-15(22)7-5-14/h4-8,13,18H,12,26H2,1-3H3/t13-,18-,20-/m1/s1. The van der Waals surface area contributed by atoms with E-state index >= 15 is 0 Å². The van der Waals surface area contributed by atoms with Gasteiger partial charge in [-0.15, -0.1) is 0 Å². The van der Waals surface area contributed by atoms with Crippen molar-refractivity contribution in [2.24, 2.45) is 16.6 Å². The van der Waals surface area contributed by atoms with Gasteiger partial charge in [0.2, 0.25) is 0 Å². The molecule has 0 radical (unpaired) electrons. The third-order valence-electron chi connectivity index (χ3n) is 6.00. The number of rotatable bonds is 1. The fourth-order valence-electron chi connectivity index (χ4n) is 4.57. The maximum absolute atomic E-state index is 13.5. The second kappa shape index (κ2) is 6.23. The van der Waals surface area contributed by atoms with Crippen LogP contribution in [0.5, 0.6) is 0 Å². The first kappa shape index (κ1) is 18.6. The van der Waals surface area contributed by atoms with E-state index in [9.17, 15) is 20.2 Å². The number of nitrogens with two attached hydrogens (primary N) is 1. The molecule has 0 bridgehead atoms. The molecule has 1 heterocycles. The summed E-state index contributed by atoms with van der Waals surface area (Å²) >= 11 is 0. The summed E-state index contributed by atoms with van der Waals surface area (Å²) in [5, 5.41) is 29.8. The lowest BCUT2D eigenvalue weighted by Gasteiger charge is -2.53. The Kier molecular flexibility index (Phi) is 4.31. The largest absolute Gasteiger partial charge is 0.399 e. The molecule has 1 aliphatic carbocycles. The number of hydrogen-bond donors (Lipinski definition) is 1. The van der Waals surface area contributed by atoms with Crippen LogP contribution >= 0.6 is 0 Å². The summed E-state index contributed by atoms with van der Waals surface area (Å²) < 4.78 is 13.5. The quantitative estimate of drug-likeness (QED) is 0.829. The van der Waals surface area contributed by atoms with Gasteiger partial charge in [-0.05, 0) is 37.2 Å². The molecule has 3 atom stereocenters. The van der Waals surface area contributed by atoms with E-state index in [0.717, 1.165) is 5.57 Å². The lowest BCUT2D eigenvalue weighted by atomic mass is 9.51. The number of nitrogens with zero attached hydrogens (tertiary/aromatic N) is 4. The normalized spacial score (nSPS) is 29.7. The van der Waals surface area contributed by atoms with Gasteiger partial charge >= 0.3 is 0 Å². The predicted octanol–water partition coefficient (Wildman–Crippen LogP) is 2.96. The highest BCUT2D eigenvalue weighted by molar-refractivity contribution is 5.61. The Balaban J connectivity index is 2.42. The van der Waals surface area contributed by atoms with Crippen LogP contribution in [0.4, 0.5) is 4.39 Å². The van der Waals surface area contributed by atoms with Gasteiger partial charge in [0, 0.05) is 23.9 Å². The van der Waals surface area contributed by atoms with Crippen LogP contribution in [0.3, 0.4) is 0 Å². The number of benzene rings is 1. The first-order valence-electron chi connectivity index (χ1n) is 8.66. The molecule has 2 aliphatic rings. The highest BCUT2D eigenvalue weighted by Crippen LogP contribution is 2.60. The van der Waals surface area contributed by atoms with Crippen molar-refractivity contribution in [3.05, 3.63) is 58.6 Å². The predicted molar refractivity (Wildman–Crippen MR) is 97.9 cm³/mol. The first-order chi connectivity index (χ1) is 12.7. The molecule has 0 fully saturated rings. The molecule has 136 valence electrons. The summed E-state index contributed by atoms with van der Waals surface area (Å²) in [5.41, 5.74) is 5.44. The van der Waals surface area contributed by atoms with E-state index in [0.29, 0.717) is 12.1 Å². The maximum atomic E-state index is 13.5. The summed E-state index contributed by atoms with van der Waals surface area (Å²) in [7, 11) is 1.96. The number of nitriles is 3. The highest BCUT2D eigenvalue weighted by Gasteiger charge is 2.60. The van der Waals surface area contributed by atoms with Crippen LogP contribution in [0.15, 0.2) is 47.2 Å². The van der Waals surface area contributed by atoms with Crippen LogP contribution < -0.4 is 5.73 Å². The average molecular weight is 361 g/mol. The monoisotopic (exact) mass is 361 g/mol. The molecule has 1 aromatic carbocycles. The van der Waals surface area contributed by atoms with Crippen molar-refractivity contribution in [1.29, 1.82) is 15.8 Å². The second-order valence-corrected chi connectivity index (χ2v) is 7.57. The minimum atomic E-state index is -1.71. The van der Waals surface area contributed by atoms with E-state index in [1.807, 2.05) is 27.0 Å². The zero-order valence-corrected chi connectivity index (χ0v) is 15.5. The lowest BCUT2D eigenvalue weighted by molar-refractivity contribution is 0.124. The molecule has 0 saturated heterocycles. The molecule has 3 rings (SSSR count). The van der Waals surface area contributed by atoms with Crippen LogP contribution in [-0.2, 0) is 0 Å². The third-order valence-corrected chi connectivity index (χ3v) is 6.00. The molecule has 27 heavy (non-hydrogen) atoms. The van der Waals surface area contributed by atoms with Crippen LogP contribution in [0, 0.1) is 50.6 Å². The number of fused-ring (bicyclic) bond motifs is 1. The SMILES string of the molecule is C[C@@H]1C=C2C(C#N)=C(N)C(C#N)(C#N)[C@H](c3ccc(F)cc3)[C@]2(C)CN1C. The summed E-state index contributed by atoms with van der Waals surface area (Å²) in [6.07, 6.45) is 1.98. The number of hydrogen-bond acceptors (Lipinski definition) is 5.